The van der Waals surface area contributed by atoms with Gasteiger partial charge in [-0.15, -0.1) is 0 Å². The minimum atomic E-state index is -0.629. The summed E-state index contributed by atoms with van der Waals surface area (Å²) in [7, 11) is 2.76. The first-order valence-electron chi connectivity index (χ1n) is 7.39. The molecule has 1 amide bonds. The van der Waals surface area contributed by atoms with Crippen molar-refractivity contribution in [2.75, 3.05) is 20.8 Å². The first-order chi connectivity index (χ1) is 12.0. The molecule has 0 saturated carbocycles. The molecule has 0 unspecified atom stereocenters. The van der Waals surface area contributed by atoms with Crippen LogP contribution in [0.3, 0.4) is 0 Å². The molecule has 0 heterocycles. The van der Waals surface area contributed by atoms with Crippen molar-refractivity contribution in [3.63, 3.8) is 0 Å². The van der Waals surface area contributed by atoms with Crippen LogP contribution in [0, 0.1) is 10.1 Å². The Bertz CT molecular complexity index is 777. The summed E-state index contributed by atoms with van der Waals surface area (Å²) in [5, 5.41) is 14.5. The van der Waals surface area contributed by atoms with Crippen molar-refractivity contribution < 1.29 is 19.2 Å². The number of amides is 1. The number of carbonyl (C=O) groups is 1. The number of ether oxygens (including phenoxy) is 2. The van der Waals surface area contributed by atoms with Crippen molar-refractivity contribution in [1.82, 2.24) is 5.32 Å². The number of carbonyl (C=O) groups excluding carboxylic acids is 1. The van der Waals surface area contributed by atoms with E-state index in [9.17, 15) is 14.9 Å². The molecule has 0 aliphatic rings. The summed E-state index contributed by atoms with van der Waals surface area (Å²) in [5.74, 6) is -0.121. The summed E-state index contributed by atoms with van der Waals surface area (Å²) >= 11 is 5.82. The Balaban J connectivity index is 2.14. The Kier molecular flexibility index (Phi) is 6.19. The van der Waals surface area contributed by atoms with Crippen molar-refractivity contribution in [2.45, 2.75) is 6.42 Å². The maximum atomic E-state index is 12.3. The molecule has 8 heteroatoms. The molecule has 2 aromatic carbocycles. The predicted molar refractivity (Wildman–Crippen MR) is 93.7 cm³/mol. The largest absolute Gasteiger partial charge is 0.493 e. The summed E-state index contributed by atoms with van der Waals surface area (Å²) < 4.78 is 10.1. The molecule has 0 aromatic heterocycles. The van der Waals surface area contributed by atoms with Gasteiger partial charge >= 0.3 is 0 Å². The topological polar surface area (TPSA) is 90.7 Å². The fourth-order valence-electron chi connectivity index (χ4n) is 2.27. The molecule has 1 N–H and O–H groups in total. The van der Waals surface area contributed by atoms with E-state index in [4.69, 9.17) is 21.1 Å². The van der Waals surface area contributed by atoms with Gasteiger partial charge in [-0.05, 0) is 24.1 Å². The second kappa shape index (κ2) is 8.34. The zero-order chi connectivity index (χ0) is 18.4. The van der Waals surface area contributed by atoms with Gasteiger partial charge in [-0.1, -0.05) is 23.7 Å². The summed E-state index contributed by atoms with van der Waals surface area (Å²) in [6.07, 6.45) is 0.573. The van der Waals surface area contributed by atoms with E-state index in [-0.39, 0.29) is 22.7 Å². The normalized spacial score (nSPS) is 10.2. The summed E-state index contributed by atoms with van der Waals surface area (Å²) in [6, 6.07) is 9.71. The molecule has 0 bridgehead atoms. The van der Waals surface area contributed by atoms with Gasteiger partial charge in [-0.25, -0.2) is 0 Å². The van der Waals surface area contributed by atoms with Gasteiger partial charge in [0.15, 0.2) is 11.5 Å². The highest BCUT2D eigenvalue weighted by molar-refractivity contribution is 6.30. The molecule has 0 spiro atoms. The van der Waals surface area contributed by atoms with Crippen molar-refractivity contribution >= 4 is 23.2 Å². The molecule has 2 aromatic rings. The third kappa shape index (κ3) is 4.60. The van der Waals surface area contributed by atoms with Crippen molar-refractivity contribution in [1.29, 1.82) is 0 Å². The SMILES string of the molecule is COc1cc(C(=O)NCCc2ccc(Cl)cc2)c([N+](=O)[O-])cc1OC. The van der Waals surface area contributed by atoms with Gasteiger partial charge in [0.2, 0.25) is 0 Å². The van der Waals surface area contributed by atoms with Gasteiger partial charge in [0.05, 0.1) is 25.2 Å². The van der Waals surface area contributed by atoms with Gasteiger partial charge in [0, 0.05) is 17.6 Å². The van der Waals surface area contributed by atoms with Gasteiger partial charge in [0.1, 0.15) is 5.56 Å². The molecule has 0 aliphatic heterocycles. The van der Waals surface area contributed by atoms with Crippen LogP contribution in [0.5, 0.6) is 11.5 Å². The number of hydrogen-bond acceptors (Lipinski definition) is 5. The molecule has 0 atom stereocenters. The molecular formula is C17H17ClN2O5. The maximum absolute atomic E-state index is 12.3. The van der Waals surface area contributed by atoms with E-state index in [0.717, 1.165) is 5.56 Å². The lowest BCUT2D eigenvalue weighted by Gasteiger charge is -2.11. The van der Waals surface area contributed by atoms with E-state index in [2.05, 4.69) is 5.32 Å². The van der Waals surface area contributed by atoms with Gasteiger partial charge in [0.25, 0.3) is 11.6 Å². The number of halogens is 1. The second-order valence-electron chi connectivity index (χ2n) is 5.11. The van der Waals surface area contributed by atoms with E-state index in [1.807, 2.05) is 12.1 Å². The van der Waals surface area contributed by atoms with E-state index >= 15 is 0 Å². The molecule has 2 rings (SSSR count). The third-order valence-corrected chi connectivity index (χ3v) is 3.81. The van der Waals surface area contributed by atoms with E-state index in [0.29, 0.717) is 18.0 Å². The number of nitrogens with one attached hydrogen (secondary N) is 1. The average Bonchev–Trinajstić information content (AvgIpc) is 2.61. The van der Waals surface area contributed by atoms with Crippen LogP contribution in [0.2, 0.25) is 5.02 Å². The Morgan fingerprint density at radius 1 is 1.16 bits per heavy atom. The molecular weight excluding hydrogens is 348 g/mol. The number of nitro benzene ring substituents is 1. The first-order valence-corrected chi connectivity index (χ1v) is 7.77. The van der Waals surface area contributed by atoms with Crippen LogP contribution in [0.25, 0.3) is 0 Å². The van der Waals surface area contributed by atoms with E-state index in [1.54, 1.807) is 12.1 Å². The minimum Gasteiger partial charge on any atom is -0.493 e. The molecule has 7 nitrogen and oxygen atoms in total. The first kappa shape index (κ1) is 18.5. The van der Waals surface area contributed by atoms with Crippen molar-refractivity contribution in [3.8, 4) is 11.5 Å². The summed E-state index contributed by atoms with van der Waals surface area (Å²) in [6.45, 7) is 0.325. The van der Waals surface area contributed by atoms with Crippen LogP contribution in [0.15, 0.2) is 36.4 Å². The van der Waals surface area contributed by atoms with Crippen LogP contribution >= 0.6 is 11.6 Å². The maximum Gasteiger partial charge on any atom is 0.286 e. The van der Waals surface area contributed by atoms with Gasteiger partial charge in [-0.3, -0.25) is 14.9 Å². The van der Waals surface area contributed by atoms with Crippen LogP contribution < -0.4 is 14.8 Å². The lowest BCUT2D eigenvalue weighted by molar-refractivity contribution is -0.385. The zero-order valence-electron chi connectivity index (χ0n) is 13.7. The molecule has 0 saturated heterocycles. The van der Waals surface area contributed by atoms with Gasteiger partial charge < -0.3 is 14.8 Å². The standard InChI is InChI=1S/C17H17ClN2O5/c1-24-15-9-13(14(20(22)23)10-16(15)25-2)17(21)19-8-7-11-3-5-12(18)6-4-11/h3-6,9-10H,7-8H2,1-2H3,(H,19,21). The highest BCUT2D eigenvalue weighted by Crippen LogP contribution is 2.34. The highest BCUT2D eigenvalue weighted by Gasteiger charge is 2.24. The average molecular weight is 365 g/mol. The smallest absolute Gasteiger partial charge is 0.286 e. The molecule has 0 aliphatic carbocycles. The number of nitro groups is 1. The summed E-state index contributed by atoms with van der Waals surface area (Å²) in [5.41, 5.74) is 0.562. The number of hydrogen-bond donors (Lipinski definition) is 1. The number of benzene rings is 2. The van der Waals surface area contributed by atoms with Crippen molar-refractivity contribution in [3.05, 3.63) is 62.7 Å². The monoisotopic (exact) mass is 364 g/mol. The van der Waals surface area contributed by atoms with E-state index < -0.39 is 10.8 Å². The van der Waals surface area contributed by atoms with Crippen LogP contribution in [-0.4, -0.2) is 31.6 Å². The second-order valence-corrected chi connectivity index (χ2v) is 5.55. The number of methoxy groups -OCH3 is 2. The number of rotatable bonds is 7. The predicted octanol–water partition coefficient (Wildman–Crippen LogP) is 3.24. The van der Waals surface area contributed by atoms with Crippen LogP contribution in [-0.2, 0) is 6.42 Å². The Morgan fingerprint density at radius 2 is 1.76 bits per heavy atom. The number of nitrogens with zero attached hydrogens (tertiary/aromatic N) is 1. The third-order valence-electron chi connectivity index (χ3n) is 3.56. The van der Waals surface area contributed by atoms with E-state index in [1.165, 1.54) is 26.4 Å². The Morgan fingerprint density at radius 3 is 2.32 bits per heavy atom. The fourth-order valence-corrected chi connectivity index (χ4v) is 2.39. The molecule has 25 heavy (non-hydrogen) atoms. The van der Waals surface area contributed by atoms with Crippen molar-refractivity contribution in [2.24, 2.45) is 0 Å². The molecule has 132 valence electrons. The van der Waals surface area contributed by atoms with Crippen LogP contribution in [0.1, 0.15) is 15.9 Å². The zero-order valence-corrected chi connectivity index (χ0v) is 14.5. The molecule has 0 radical (unpaired) electrons. The van der Waals surface area contributed by atoms with Gasteiger partial charge in [-0.2, -0.15) is 0 Å². The quantitative estimate of drug-likeness (QED) is 0.601. The minimum absolute atomic E-state index is 0.0845. The lowest BCUT2D eigenvalue weighted by Crippen LogP contribution is -2.26. The summed E-state index contributed by atoms with van der Waals surface area (Å²) in [4.78, 5) is 23.0. The highest BCUT2D eigenvalue weighted by atomic mass is 35.5. The van der Waals surface area contributed by atoms with Crippen LogP contribution in [0.4, 0.5) is 5.69 Å². The molecule has 0 fully saturated rings. The Hall–Kier alpha value is -2.80. The fraction of sp³-hybridized carbons (Fsp3) is 0.235. The Labute approximate surface area is 149 Å². The lowest BCUT2D eigenvalue weighted by atomic mass is 10.1.